The summed E-state index contributed by atoms with van der Waals surface area (Å²) >= 11 is 0. The van der Waals surface area contributed by atoms with E-state index in [1.807, 2.05) is 41.5 Å². The van der Waals surface area contributed by atoms with Crippen LogP contribution in [0.4, 0.5) is 4.79 Å². The van der Waals surface area contributed by atoms with Crippen molar-refractivity contribution in [2.75, 3.05) is 6.54 Å². The molecule has 0 bridgehead atoms. The van der Waals surface area contributed by atoms with E-state index in [-0.39, 0.29) is 11.4 Å². The quantitative estimate of drug-likeness (QED) is 0.546. The predicted molar refractivity (Wildman–Crippen MR) is 88.0 cm³/mol. The summed E-state index contributed by atoms with van der Waals surface area (Å²) in [6.45, 7) is 11.5. The highest BCUT2D eigenvalue weighted by Crippen LogP contribution is 2.45. The topological polar surface area (TPSA) is 55.8 Å². The first-order valence-corrected chi connectivity index (χ1v) is 8.28. The Labute approximate surface area is 139 Å². The summed E-state index contributed by atoms with van der Waals surface area (Å²) in [5, 5.41) is 0. The third-order valence-electron chi connectivity index (χ3n) is 4.08. The molecule has 1 amide bonds. The number of nitrogens with zero attached hydrogens (tertiary/aromatic N) is 1. The number of esters is 1. The molecule has 23 heavy (non-hydrogen) atoms. The van der Waals surface area contributed by atoms with Crippen molar-refractivity contribution in [2.45, 2.75) is 78.0 Å². The van der Waals surface area contributed by atoms with E-state index in [4.69, 9.17) is 9.47 Å². The van der Waals surface area contributed by atoms with Crippen LogP contribution in [-0.4, -0.2) is 40.8 Å². The van der Waals surface area contributed by atoms with Crippen molar-refractivity contribution in [1.82, 2.24) is 4.90 Å². The van der Waals surface area contributed by atoms with Crippen molar-refractivity contribution < 1.29 is 19.1 Å². The average molecular weight is 323 g/mol. The molecule has 5 nitrogen and oxygen atoms in total. The van der Waals surface area contributed by atoms with Crippen LogP contribution >= 0.6 is 0 Å². The summed E-state index contributed by atoms with van der Waals surface area (Å²) < 4.78 is 11.0. The van der Waals surface area contributed by atoms with Gasteiger partial charge in [0.05, 0.1) is 0 Å². The molecule has 1 heterocycles. The Balaban J connectivity index is 2.18. The first-order valence-electron chi connectivity index (χ1n) is 8.28. The molecular formula is C18H29NO4. The fourth-order valence-electron chi connectivity index (χ4n) is 3.19. The molecular weight excluding hydrogens is 294 g/mol. The Morgan fingerprint density at radius 2 is 1.52 bits per heavy atom. The Morgan fingerprint density at radius 1 is 1.00 bits per heavy atom. The number of hydrogen-bond acceptors (Lipinski definition) is 4. The molecule has 0 aromatic rings. The molecule has 1 spiro atoms. The second-order valence-electron chi connectivity index (χ2n) is 8.74. The lowest BCUT2D eigenvalue weighted by Crippen LogP contribution is -2.45. The normalized spacial score (nSPS) is 23.4. The Hall–Kier alpha value is -1.52. The van der Waals surface area contributed by atoms with Gasteiger partial charge >= 0.3 is 12.1 Å². The molecule has 2 rings (SSSR count). The highest BCUT2D eigenvalue weighted by molar-refractivity contribution is 5.83. The molecule has 1 saturated heterocycles. The van der Waals surface area contributed by atoms with Crippen LogP contribution in [0.2, 0.25) is 0 Å². The van der Waals surface area contributed by atoms with E-state index in [2.05, 4.69) is 12.2 Å². The van der Waals surface area contributed by atoms with E-state index in [0.29, 0.717) is 13.0 Å². The Morgan fingerprint density at radius 3 is 2.00 bits per heavy atom. The van der Waals surface area contributed by atoms with Crippen molar-refractivity contribution >= 4 is 12.1 Å². The van der Waals surface area contributed by atoms with Crippen LogP contribution in [0.25, 0.3) is 0 Å². The molecule has 0 saturated carbocycles. The minimum absolute atomic E-state index is 0.0432. The van der Waals surface area contributed by atoms with E-state index in [9.17, 15) is 9.59 Å². The maximum atomic E-state index is 12.6. The third kappa shape index (κ3) is 4.49. The maximum absolute atomic E-state index is 12.6. The minimum atomic E-state index is -0.584. The number of carbonyl (C=O) groups is 2. The first-order chi connectivity index (χ1) is 10.4. The number of likely N-dealkylation sites (tertiary alicyclic amines) is 1. The van der Waals surface area contributed by atoms with Gasteiger partial charge in [-0.15, -0.1) is 0 Å². The van der Waals surface area contributed by atoms with E-state index >= 15 is 0 Å². The fraction of sp³-hybridized carbons (Fsp3) is 0.778. The second kappa shape index (κ2) is 5.84. The van der Waals surface area contributed by atoms with Gasteiger partial charge in [-0.05, 0) is 66.2 Å². The molecule has 0 unspecified atom stereocenters. The lowest BCUT2D eigenvalue weighted by molar-refractivity contribution is -0.160. The Kier molecular flexibility index (Phi) is 4.53. The fourth-order valence-corrected chi connectivity index (χ4v) is 3.19. The zero-order chi connectivity index (χ0) is 17.5. The third-order valence-corrected chi connectivity index (χ3v) is 4.08. The second-order valence-corrected chi connectivity index (χ2v) is 8.74. The van der Waals surface area contributed by atoms with Crippen LogP contribution in [0.15, 0.2) is 12.2 Å². The zero-order valence-electron chi connectivity index (χ0n) is 15.1. The molecule has 5 heteroatoms. The van der Waals surface area contributed by atoms with E-state index in [1.54, 1.807) is 4.90 Å². The van der Waals surface area contributed by atoms with E-state index < -0.39 is 23.3 Å². The van der Waals surface area contributed by atoms with Gasteiger partial charge in [0.25, 0.3) is 0 Å². The van der Waals surface area contributed by atoms with Crippen molar-refractivity contribution in [1.29, 1.82) is 0 Å². The zero-order valence-corrected chi connectivity index (χ0v) is 15.1. The molecule has 1 aliphatic heterocycles. The standard InChI is InChI=1S/C18H29NO4/c1-16(2,3)22-14(20)13-11-18(9-7-8-10-18)12-19(13)15(21)23-17(4,5)6/h7-8,13H,9-12H2,1-6H3/t13-/m0/s1. The predicted octanol–water partition coefficient (Wildman–Crippen LogP) is 3.67. The molecule has 130 valence electrons. The van der Waals surface area contributed by atoms with E-state index in [1.165, 1.54) is 0 Å². The SMILES string of the molecule is CC(C)(C)OC(=O)[C@@H]1CC2(CC=CC2)CN1C(=O)OC(C)(C)C. The van der Waals surface area contributed by atoms with Crippen LogP contribution < -0.4 is 0 Å². The number of carbonyl (C=O) groups excluding carboxylic acids is 2. The van der Waals surface area contributed by atoms with Gasteiger partial charge < -0.3 is 9.47 Å². The molecule has 0 aromatic carbocycles. The smallest absolute Gasteiger partial charge is 0.411 e. The van der Waals surface area contributed by atoms with Gasteiger partial charge in [0.1, 0.15) is 17.2 Å². The van der Waals surface area contributed by atoms with Gasteiger partial charge in [0.2, 0.25) is 0 Å². The van der Waals surface area contributed by atoms with Crippen molar-refractivity contribution in [3.05, 3.63) is 12.2 Å². The molecule has 0 aromatic heterocycles. The highest BCUT2D eigenvalue weighted by Gasteiger charge is 2.50. The summed E-state index contributed by atoms with van der Waals surface area (Å²) in [5.74, 6) is -0.341. The maximum Gasteiger partial charge on any atom is 0.411 e. The van der Waals surface area contributed by atoms with Gasteiger partial charge in [0.15, 0.2) is 0 Å². The lowest BCUT2D eigenvalue weighted by atomic mass is 9.83. The monoisotopic (exact) mass is 323 g/mol. The molecule has 0 N–H and O–H groups in total. The van der Waals surface area contributed by atoms with Crippen LogP contribution in [0.1, 0.15) is 60.8 Å². The minimum Gasteiger partial charge on any atom is -0.458 e. The number of hydrogen-bond donors (Lipinski definition) is 0. The number of ether oxygens (including phenoxy) is 2. The molecule has 1 atom stereocenters. The summed E-state index contributed by atoms with van der Waals surface area (Å²) in [4.78, 5) is 26.7. The number of amides is 1. The van der Waals surface area contributed by atoms with Crippen LogP contribution in [0.5, 0.6) is 0 Å². The summed E-state index contributed by atoms with van der Waals surface area (Å²) in [6.07, 6.45) is 6.25. The van der Waals surface area contributed by atoms with Crippen LogP contribution in [0, 0.1) is 5.41 Å². The van der Waals surface area contributed by atoms with Gasteiger partial charge in [-0.3, -0.25) is 4.90 Å². The van der Waals surface area contributed by atoms with Crippen LogP contribution in [-0.2, 0) is 14.3 Å². The van der Waals surface area contributed by atoms with Gasteiger partial charge in [-0.2, -0.15) is 0 Å². The highest BCUT2D eigenvalue weighted by atomic mass is 16.6. The number of rotatable bonds is 1. The van der Waals surface area contributed by atoms with Gasteiger partial charge in [0, 0.05) is 6.54 Å². The van der Waals surface area contributed by atoms with Gasteiger partial charge in [-0.25, -0.2) is 9.59 Å². The molecule has 0 radical (unpaired) electrons. The van der Waals surface area contributed by atoms with Crippen molar-refractivity contribution in [2.24, 2.45) is 5.41 Å². The van der Waals surface area contributed by atoms with Crippen molar-refractivity contribution in [3.8, 4) is 0 Å². The largest absolute Gasteiger partial charge is 0.458 e. The van der Waals surface area contributed by atoms with Crippen molar-refractivity contribution in [3.63, 3.8) is 0 Å². The molecule has 2 aliphatic rings. The molecule has 1 fully saturated rings. The summed E-state index contributed by atoms with van der Waals surface area (Å²) in [6, 6.07) is -0.566. The summed E-state index contributed by atoms with van der Waals surface area (Å²) in [5.41, 5.74) is -1.20. The molecule has 1 aliphatic carbocycles. The number of allylic oxidation sites excluding steroid dienone is 2. The van der Waals surface area contributed by atoms with Gasteiger partial charge in [-0.1, -0.05) is 12.2 Å². The average Bonchev–Trinajstić information content (AvgIpc) is 2.93. The lowest BCUT2D eigenvalue weighted by Gasteiger charge is -2.29. The summed E-state index contributed by atoms with van der Waals surface area (Å²) in [7, 11) is 0. The van der Waals surface area contributed by atoms with Crippen LogP contribution in [0.3, 0.4) is 0 Å². The first kappa shape index (κ1) is 17.8. The Bertz CT molecular complexity index is 464. The van der Waals surface area contributed by atoms with E-state index in [0.717, 1.165) is 12.8 Å².